The Morgan fingerprint density at radius 3 is 3.04 bits per heavy atom. The van der Waals surface area contributed by atoms with Gasteiger partial charge in [0.05, 0.1) is 19.7 Å². The first kappa shape index (κ1) is 14.5. The molecular weight excluding hydrogens is 306 g/mol. The van der Waals surface area contributed by atoms with E-state index >= 15 is 0 Å². The van der Waals surface area contributed by atoms with Crippen molar-refractivity contribution < 1.29 is 9.53 Å². The molecule has 7 nitrogen and oxygen atoms in total. The molecule has 2 aromatic heterocycles. The maximum absolute atomic E-state index is 12.9. The molecule has 122 valence electrons. The van der Waals surface area contributed by atoms with Gasteiger partial charge in [-0.25, -0.2) is 4.98 Å². The molecule has 1 amide bonds. The van der Waals surface area contributed by atoms with E-state index < -0.39 is 0 Å². The second-order valence-corrected chi connectivity index (χ2v) is 5.69. The molecule has 7 heteroatoms. The summed E-state index contributed by atoms with van der Waals surface area (Å²) in [5.41, 5.74) is 1.50. The minimum Gasteiger partial charge on any atom is -0.497 e. The molecule has 3 heterocycles. The molecule has 1 unspecified atom stereocenters. The Bertz CT molecular complexity index is 856. The van der Waals surface area contributed by atoms with Crippen LogP contribution in [0, 0.1) is 0 Å². The number of hydrogen-bond donors (Lipinski definition) is 1. The van der Waals surface area contributed by atoms with Gasteiger partial charge in [-0.05, 0) is 23.8 Å². The number of amides is 1. The summed E-state index contributed by atoms with van der Waals surface area (Å²) in [6, 6.07) is 9.42. The molecule has 3 aromatic rings. The Balaban J connectivity index is 1.74. The number of nitrogens with one attached hydrogen (secondary N) is 1. The number of aromatic amines is 1. The third-order valence-corrected chi connectivity index (χ3v) is 4.33. The molecule has 0 aliphatic carbocycles. The Morgan fingerprint density at radius 1 is 1.33 bits per heavy atom. The zero-order valence-corrected chi connectivity index (χ0v) is 13.2. The second-order valence-electron chi connectivity index (χ2n) is 5.69. The maximum Gasteiger partial charge on any atom is 0.272 e. The summed E-state index contributed by atoms with van der Waals surface area (Å²) in [5, 5.41) is 6.64. The summed E-state index contributed by atoms with van der Waals surface area (Å²) in [4.78, 5) is 19.1. The third kappa shape index (κ3) is 2.44. The average Bonchev–Trinajstić information content (AvgIpc) is 3.31. The highest BCUT2D eigenvalue weighted by atomic mass is 16.5. The molecule has 1 aliphatic rings. The number of rotatable bonds is 3. The number of ether oxygens (including phenoxy) is 1. The highest BCUT2D eigenvalue weighted by Crippen LogP contribution is 2.31. The minimum absolute atomic E-state index is 0.0884. The fourth-order valence-electron chi connectivity index (χ4n) is 3.08. The molecule has 1 atom stereocenters. The van der Waals surface area contributed by atoms with Crippen molar-refractivity contribution in [3.8, 4) is 5.75 Å². The Labute approximate surface area is 138 Å². The van der Waals surface area contributed by atoms with Crippen LogP contribution in [0.4, 0.5) is 0 Å². The fraction of sp³-hybridized carbons (Fsp3) is 0.235. The van der Waals surface area contributed by atoms with Crippen LogP contribution in [0.25, 0.3) is 0 Å². The lowest BCUT2D eigenvalue weighted by Crippen LogP contribution is -2.41. The Hall–Kier alpha value is -3.09. The van der Waals surface area contributed by atoms with Gasteiger partial charge in [-0.15, -0.1) is 0 Å². The summed E-state index contributed by atoms with van der Waals surface area (Å²) >= 11 is 0. The summed E-state index contributed by atoms with van der Waals surface area (Å²) < 4.78 is 7.41. The van der Waals surface area contributed by atoms with Crippen molar-refractivity contribution in [2.24, 2.45) is 0 Å². The van der Waals surface area contributed by atoms with E-state index in [1.165, 1.54) is 0 Å². The van der Waals surface area contributed by atoms with Crippen molar-refractivity contribution >= 4 is 5.91 Å². The van der Waals surface area contributed by atoms with Crippen LogP contribution in [-0.2, 0) is 13.1 Å². The Morgan fingerprint density at radius 2 is 2.25 bits per heavy atom. The Kier molecular flexibility index (Phi) is 3.53. The molecule has 4 rings (SSSR count). The van der Waals surface area contributed by atoms with E-state index in [0.717, 1.165) is 17.1 Å². The molecule has 0 radical (unpaired) electrons. The van der Waals surface area contributed by atoms with Crippen LogP contribution < -0.4 is 4.74 Å². The number of H-pyrrole nitrogens is 1. The normalized spacial score (nSPS) is 16.7. The number of nitrogens with zero attached hydrogens (tertiary/aromatic N) is 4. The number of hydrogen-bond acceptors (Lipinski definition) is 4. The lowest BCUT2D eigenvalue weighted by molar-refractivity contribution is 0.0578. The standard InChI is InChI=1S/C17H17N5O2/c1-24-13-4-2-3-12(9-13)15-10-21-8-7-18-16(21)11-22(15)17(23)14-5-6-19-20-14/h2-9,15H,10-11H2,1H3,(H,19,20). The first-order valence-corrected chi connectivity index (χ1v) is 7.70. The van der Waals surface area contributed by atoms with Crippen LogP contribution in [0.15, 0.2) is 48.9 Å². The van der Waals surface area contributed by atoms with Crippen LogP contribution in [0.1, 0.15) is 27.9 Å². The molecular formula is C17H17N5O2. The van der Waals surface area contributed by atoms with Crippen molar-refractivity contribution in [1.29, 1.82) is 0 Å². The molecule has 1 aromatic carbocycles. The fourth-order valence-corrected chi connectivity index (χ4v) is 3.08. The lowest BCUT2D eigenvalue weighted by atomic mass is 10.0. The average molecular weight is 323 g/mol. The van der Waals surface area contributed by atoms with E-state index in [1.807, 2.05) is 35.4 Å². The van der Waals surface area contributed by atoms with Crippen molar-refractivity contribution in [2.45, 2.75) is 19.1 Å². The maximum atomic E-state index is 12.9. The number of methoxy groups -OCH3 is 1. The molecule has 0 fully saturated rings. The van der Waals surface area contributed by atoms with E-state index in [0.29, 0.717) is 18.8 Å². The molecule has 1 aliphatic heterocycles. The lowest BCUT2D eigenvalue weighted by Gasteiger charge is -2.36. The van der Waals surface area contributed by atoms with Crippen LogP contribution in [0.3, 0.4) is 0 Å². The summed E-state index contributed by atoms with van der Waals surface area (Å²) in [6.07, 6.45) is 5.29. The molecule has 0 bridgehead atoms. The molecule has 0 saturated carbocycles. The quantitative estimate of drug-likeness (QED) is 0.800. The van der Waals surface area contributed by atoms with Gasteiger partial charge < -0.3 is 14.2 Å². The second kappa shape index (κ2) is 5.84. The van der Waals surface area contributed by atoms with Crippen molar-refractivity contribution in [3.05, 3.63) is 66.0 Å². The topological polar surface area (TPSA) is 76.0 Å². The largest absolute Gasteiger partial charge is 0.497 e. The molecule has 0 spiro atoms. The van der Waals surface area contributed by atoms with Crippen molar-refractivity contribution in [1.82, 2.24) is 24.6 Å². The van der Waals surface area contributed by atoms with Crippen molar-refractivity contribution in [3.63, 3.8) is 0 Å². The third-order valence-electron chi connectivity index (χ3n) is 4.33. The highest BCUT2D eigenvalue weighted by molar-refractivity contribution is 5.92. The highest BCUT2D eigenvalue weighted by Gasteiger charge is 2.32. The van der Waals surface area contributed by atoms with Gasteiger partial charge in [-0.2, -0.15) is 5.10 Å². The summed E-state index contributed by atoms with van der Waals surface area (Å²) in [7, 11) is 1.64. The van der Waals surface area contributed by atoms with E-state index in [9.17, 15) is 4.79 Å². The van der Waals surface area contributed by atoms with E-state index in [2.05, 4.69) is 19.7 Å². The van der Waals surface area contributed by atoms with Crippen LogP contribution in [0.2, 0.25) is 0 Å². The van der Waals surface area contributed by atoms with E-state index in [-0.39, 0.29) is 11.9 Å². The first-order valence-electron chi connectivity index (χ1n) is 7.70. The number of aromatic nitrogens is 4. The van der Waals surface area contributed by atoms with Crippen molar-refractivity contribution in [2.75, 3.05) is 7.11 Å². The SMILES string of the molecule is COc1cccc(C2Cn3ccnc3CN2C(=O)c2ccn[nH]2)c1. The summed E-state index contributed by atoms with van der Waals surface area (Å²) in [6.45, 7) is 1.11. The van der Waals surface area contributed by atoms with E-state index in [1.54, 1.807) is 25.6 Å². The molecule has 0 saturated heterocycles. The smallest absolute Gasteiger partial charge is 0.272 e. The van der Waals surface area contributed by atoms with Gasteiger partial charge in [0.25, 0.3) is 5.91 Å². The van der Waals surface area contributed by atoms with E-state index in [4.69, 9.17) is 4.74 Å². The predicted octanol–water partition coefficient (Wildman–Crippen LogP) is 2.01. The predicted molar refractivity (Wildman–Crippen MR) is 86.4 cm³/mol. The van der Waals surface area contributed by atoms with Gasteiger partial charge in [0, 0.05) is 25.1 Å². The minimum atomic E-state index is -0.0994. The van der Waals surface area contributed by atoms with Crippen LogP contribution in [0.5, 0.6) is 5.75 Å². The monoisotopic (exact) mass is 323 g/mol. The molecule has 24 heavy (non-hydrogen) atoms. The summed E-state index contributed by atoms with van der Waals surface area (Å²) in [5.74, 6) is 1.56. The number of fused-ring (bicyclic) bond motifs is 1. The number of carbonyl (C=O) groups is 1. The van der Waals surface area contributed by atoms with Gasteiger partial charge in [0.15, 0.2) is 0 Å². The van der Waals surface area contributed by atoms with Gasteiger partial charge in [0.2, 0.25) is 0 Å². The number of carbonyl (C=O) groups excluding carboxylic acids is 1. The van der Waals surface area contributed by atoms with Gasteiger partial charge in [-0.3, -0.25) is 9.89 Å². The van der Waals surface area contributed by atoms with Gasteiger partial charge in [0.1, 0.15) is 17.3 Å². The zero-order valence-electron chi connectivity index (χ0n) is 13.2. The van der Waals surface area contributed by atoms with Gasteiger partial charge in [-0.1, -0.05) is 12.1 Å². The van der Waals surface area contributed by atoms with Crippen LogP contribution in [-0.4, -0.2) is 37.7 Å². The van der Waals surface area contributed by atoms with Crippen LogP contribution >= 0.6 is 0 Å². The molecule has 1 N–H and O–H groups in total. The van der Waals surface area contributed by atoms with Gasteiger partial charge >= 0.3 is 0 Å². The number of imidazole rings is 1. The zero-order chi connectivity index (χ0) is 16.5. The number of benzene rings is 1. The first-order chi connectivity index (χ1) is 11.8.